The van der Waals surface area contributed by atoms with Gasteiger partial charge in [0.15, 0.2) is 0 Å². The number of nitrogens with one attached hydrogen (secondary N) is 2. The van der Waals surface area contributed by atoms with Gasteiger partial charge < -0.3 is 15.5 Å². The molecule has 1 fully saturated rings. The van der Waals surface area contributed by atoms with Crippen LogP contribution in [0.3, 0.4) is 0 Å². The van der Waals surface area contributed by atoms with E-state index >= 15 is 0 Å². The Morgan fingerprint density at radius 2 is 2.05 bits per heavy atom. The van der Waals surface area contributed by atoms with Crippen molar-refractivity contribution in [3.63, 3.8) is 0 Å². The van der Waals surface area contributed by atoms with Crippen LogP contribution in [0.15, 0.2) is 28.7 Å². The van der Waals surface area contributed by atoms with E-state index in [1.165, 1.54) is 0 Å². The lowest BCUT2D eigenvalue weighted by Crippen LogP contribution is -2.43. The molecule has 1 amide bonds. The summed E-state index contributed by atoms with van der Waals surface area (Å²) in [5.74, 6) is 0.0852. The highest BCUT2D eigenvalue weighted by atomic mass is 79.9. The molecule has 1 aromatic carbocycles. The molecular weight excluding hydrogens is 306 g/mol. The average Bonchev–Trinajstić information content (AvgIpc) is 2.43. The predicted octanol–water partition coefficient (Wildman–Crippen LogP) is 2.07. The van der Waals surface area contributed by atoms with Gasteiger partial charge in [-0.05, 0) is 41.0 Å². The number of nitrogens with zero attached hydrogens (tertiary/aromatic N) is 1. The number of anilines is 1. The monoisotopic (exact) mass is 325 g/mol. The Hall–Kier alpha value is -0.910. The molecule has 0 radical (unpaired) electrons. The molecule has 0 aliphatic carbocycles. The minimum atomic E-state index is 0.0852. The van der Waals surface area contributed by atoms with E-state index in [9.17, 15) is 4.79 Å². The first-order chi connectivity index (χ1) is 9.25. The maximum Gasteiger partial charge on any atom is 0.224 e. The summed E-state index contributed by atoms with van der Waals surface area (Å²) in [7, 11) is 0. The molecule has 1 aliphatic rings. The number of halogens is 1. The number of carbonyl (C=O) groups excluding carboxylic acids is 1. The van der Waals surface area contributed by atoms with Gasteiger partial charge in [0.05, 0.1) is 5.69 Å². The minimum Gasteiger partial charge on any atom is -0.325 e. The Balaban J connectivity index is 1.68. The van der Waals surface area contributed by atoms with Crippen LogP contribution in [0.4, 0.5) is 5.69 Å². The van der Waals surface area contributed by atoms with Gasteiger partial charge in [0.25, 0.3) is 0 Å². The lowest BCUT2D eigenvalue weighted by atomic mass is 10.2. The van der Waals surface area contributed by atoms with Gasteiger partial charge in [-0.1, -0.05) is 12.1 Å². The van der Waals surface area contributed by atoms with Gasteiger partial charge in [0.2, 0.25) is 5.91 Å². The van der Waals surface area contributed by atoms with E-state index in [-0.39, 0.29) is 5.91 Å². The molecule has 1 aromatic rings. The lowest BCUT2D eigenvalue weighted by molar-refractivity contribution is -0.116. The number of piperazine rings is 1. The fourth-order valence-corrected chi connectivity index (χ4v) is 2.56. The van der Waals surface area contributed by atoms with Crippen molar-refractivity contribution in [3.05, 3.63) is 28.7 Å². The summed E-state index contributed by atoms with van der Waals surface area (Å²) >= 11 is 3.43. The zero-order valence-electron chi connectivity index (χ0n) is 11.0. The molecule has 0 saturated carbocycles. The van der Waals surface area contributed by atoms with Crippen molar-refractivity contribution in [2.24, 2.45) is 0 Å². The zero-order valence-corrected chi connectivity index (χ0v) is 12.6. The molecule has 0 unspecified atom stereocenters. The second kappa shape index (κ2) is 7.62. The third-order valence-corrected chi connectivity index (χ3v) is 3.93. The second-order valence-corrected chi connectivity index (χ2v) is 5.58. The Morgan fingerprint density at radius 1 is 1.32 bits per heavy atom. The van der Waals surface area contributed by atoms with Gasteiger partial charge in [0, 0.05) is 37.1 Å². The Bertz CT molecular complexity index is 419. The molecule has 104 valence electrons. The van der Waals surface area contributed by atoms with Crippen molar-refractivity contribution >= 4 is 27.5 Å². The number of rotatable bonds is 5. The highest BCUT2D eigenvalue weighted by Crippen LogP contribution is 2.21. The van der Waals surface area contributed by atoms with Gasteiger partial charge in [-0.15, -0.1) is 0 Å². The lowest BCUT2D eigenvalue weighted by Gasteiger charge is -2.26. The van der Waals surface area contributed by atoms with Gasteiger partial charge >= 0.3 is 0 Å². The van der Waals surface area contributed by atoms with Crippen molar-refractivity contribution in [2.75, 3.05) is 38.0 Å². The van der Waals surface area contributed by atoms with Gasteiger partial charge in [-0.2, -0.15) is 0 Å². The fraction of sp³-hybridized carbons (Fsp3) is 0.500. The molecule has 19 heavy (non-hydrogen) atoms. The molecule has 1 aliphatic heterocycles. The summed E-state index contributed by atoms with van der Waals surface area (Å²) in [5.41, 5.74) is 0.842. The van der Waals surface area contributed by atoms with Crippen LogP contribution < -0.4 is 10.6 Å². The third-order valence-electron chi connectivity index (χ3n) is 3.24. The van der Waals surface area contributed by atoms with Gasteiger partial charge in [-0.3, -0.25) is 4.79 Å². The number of hydrogen-bond acceptors (Lipinski definition) is 3. The van der Waals surface area contributed by atoms with Crippen LogP contribution >= 0.6 is 15.9 Å². The van der Waals surface area contributed by atoms with Crippen LogP contribution in [0.2, 0.25) is 0 Å². The average molecular weight is 326 g/mol. The summed E-state index contributed by atoms with van der Waals surface area (Å²) in [6.45, 7) is 5.30. The Kier molecular flexibility index (Phi) is 5.82. The number of amides is 1. The largest absolute Gasteiger partial charge is 0.325 e. The highest BCUT2D eigenvalue weighted by molar-refractivity contribution is 9.10. The Morgan fingerprint density at radius 3 is 2.79 bits per heavy atom. The molecule has 0 spiro atoms. The van der Waals surface area contributed by atoms with Crippen LogP contribution in [0, 0.1) is 0 Å². The maximum atomic E-state index is 11.8. The van der Waals surface area contributed by atoms with Crippen LogP contribution in [-0.2, 0) is 4.79 Å². The SMILES string of the molecule is O=C(CCCN1CCNCC1)Nc1ccccc1Br. The topological polar surface area (TPSA) is 44.4 Å². The molecule has 2 rings (SSSR count). The van der Waals surface area contributed by atoms with Crippen molar-refractivity contribution < 1.29 is 4.79 Å². The first-order valence-electron chi connectivity index (χ1n) is 6.73. The molecule has 0 aromatic heterocycles. The minimum absolute atomic E-state index is 0.0852. The first kappa shape index (κ1) is 14.5. The smallest absolute Gasteiger partial charge is 0.224 e. The molecule has 0 atom stereocenters. The van der Waals surface area contributed by atoms with Crippen molar-refractivity contribution in [2.45, 2.75) is 12.8 Å². The van der Waals surface area contributed by atoms with E-state index in [0.29, 0.717) is 6.42 Å². The van der Waals surface area contributed by atoms with Gasteiger partial charge in [0.1, 0.15) is 0 Å². The summed E-state index contributed by atoms with van der Waals surface area (Å²) < 4.78 is 0.922. The zero-order chi connectivity index (χ0) is 13.5. The van der Waals surface area contributed by atoms with Crippen molar-refractivity contribution in [1.82, 2.24) is 10.2 Å². The maximum absolute atomic E-state index is 11.8. The van der Waals surface area contributed by atoms with E-state index in [4.69, 9.17) is 0 Å². The molecule has 4 nitrogen and oxygen atoms in total. The van der Waals surface area contributed by atoms with E-state index in [1.54, 1.807) is 0 Å². The molecule has 0 bridgehead atoms. The first-order valence-corrected chi connectivity index (χ1v) is 7.52. The number of carbonyl (C=O) groups is 1. The highest BCUT2D eigenvalue weighted by Gasteiger charge is 2.10. The summed E-state index contributed by atoms with van der Waals surface area (Å²) in [6.07, 6.45) is 1.49. The standard InChI is InChI=1S/C14H20BrN3O/c15-12-4-1-2-5-13(12)17-14(19)6-3-9-18-10-7-16-8-11-18/h1-2,4-5,16H,3,6-11H2,(H,17,19). The number of hydrogen-bond donors (Lipinski definition) is 2. The summed E-state index contributed by atoms with van der Waals surface area (Å²) in [5, 5.41) is 6.26. The van der Waals surface area contributed by atoms with Crippen LogP contribution in [0.25, 0.3) is 0 Å². The summed E-state index contributed by atoms with van der Waals surface area (Å²) in [6, 6.07) is 7.68. The van der Waals surface area contributed by atoms with Gasteiger partial charge in [-0.25, -0.2) is 0 Å². The number of benzene rings is 1. The van der Waals surface area contributed by atoms with E-state index < -0.39 is 0 Å². The second-order valence-electron chi connectivity index (χ2n) is 4.72. The number of para-hydroxylation sites is 1. The quantitative estimate of drug-likeness (QED) is 0.871. The Labute approximate surface area is 122 Å². The predicted molar refractivity (Wildman–Crippen MR) is 81.3 cm³/mol. The molecule has 1 heterocycles. The molecular formula is C14H20BrN3O. The van der Waals surface area contributed by atoms with Crippen LogP contribution in [-0.4, -0.2) is 43.5 Å². The normalized spacial score (nSPS) is 16.3. The molecule has 5 heteroatoms. The van der Waals surface area contributed by atoms with Crippen molar-refractivity contribution in [3.8, 4) is 0 Å². The third kappa shape index (κ3) is 4.93. The van der Waals surface area contributed by atoms with E-state index in [0.717, 1.165) is 49.3 Å². The van der Waals surface area contributed by atoms with Crippen LogP contribution in [0.5, 0.6) is 0 Å². The van der Waals surface area contributed by atoms with Crippen LogP contribution in [0.1, 0.15) is 12.8 Å². The fourth-order valence-electron chi connectivity index (χ4n) is 2.17. The summed E-state index contributed by atoms with van der Waals surface area (Å²) in [4.78, 5) is 14.2. The molecule has 2 N–H and O–H groups in total. The molecule has 1 saturated heterocycles. The van der Waals surface area contributed by atoms with E-state index in [2.05, 4.69) is 31.5 Å². The van der Waals surface area contributed by atoms with Crippen molar-refractivity contribution in [1.29, 1.82) is 0 Å². The van der Waals surface area contributed by atoms with E-state index in [1.807, 2.05) is 24.3 Å².